The Morgan fingerprint density at radius 2 is 1.96 bits per heavy atom. The van der Waals surface area contributed by atoms with Crippen LogP contribution in [0.2, 0.25) is 0 Å². The molecular formula is C18H21N3O3. The van der Waals surface area contributed by atoms with Crippen LogP contribution < -0.4 is 0 Å². The van der Waals surface area contributed by atoms with Gasteiger partial charge in [-0.15, -0.1) is 0 Å². The third-order valence-electron chi connectivity index (χ3n) is 4.45. The van der Waals surface area contributed by atoms with E-state index in [1.807, 2.05) is 38.1 Å². The summed E-state index contributed by atoms with van der Waals surface area (Å²) in [5, 5.41) is 16.2. The van der Waals surface area contributed by atoms with E-state index in [-0.39, 0.29) is 18.4 Å². The van der Waals surface area contributed by atoms with Crippen molar-refractivity contribution in [3.05, 3.63) is 41.6 Å². The van der Waals surface area contributed by atoms with Gasteiger partial charge in [0, 0.05) is 18.7 Å². The molecule has 0 aliphatic carbocycles. The summed E-state index contributed by atoms with van der Waals surface area (Å²) < 4.78 is 0. The van der Waals surface area contributed by atoms with E-state index in [1.54, 1.807) is 11.0 Å². The number of benzene rings is 1. The molecule has 0 radical (unpaired) electrons. The Labute approximate surface area is 140 Å². The monoisotopic (exact) mass is 327 g/mol. The first-order chi connectivity index (χ1) is 11.4. The molecule has 3 rings (SSSR count). The number of aliphatic carboxylic acids is 1. The number of nitrogens with zero attached hydrogens (tertiary/aromatic N) is 2. The molecular weight excluding hydrogens is 306 g/mol. The molecule has 0 saturated carbocycles. The minimum atomic E-state index is -0.843. The summed E-state index contributed by atoms with van der Waals surface area (Å²) in [6.45, 7) is 4.80. The Bertz CT molecular complexity index is 751. The van der Waals surface area contributed by atoms with Crippen molar-refractivity contribution in [1.29, 1.82) is 0 Å². The van der Waals surface area contributed by atoms with Crippen molar-refractivity contribution in [2.45, 2.75) is 20.3 Å². The number of rotatable bonds is 3. The fourth-order valence-electron chi connectivity index (χ4n) is 3.17. The van der Waals surface area contributed by atoms with E-state index < -0.39 is 11.9 Å². The highest BCUT2D eigenvalue weighted by Crippen LogP contribution is 2.24. The van der Waals surface area contributed by atoms with Gasteiger partial charge in [0.25, 0.3) is 5.91 Å². The predicted octanol–water partition coefficient (Wildman–Crippen LogP) is 2.57. The van der Waals surface area contributed by atoms with Crippen LogP contribution >= 0.6 is 0 Å². The number of carboxylic acids is 1. The van der Waals surface area contributed by atoms with Crippen LogP contribution in [-0.4, -0.2) is 45.2 Å². The van der Waals surface area contributed by atoms with Gasteiger partial charge in [0.05, 0.1) is 11.6 Å². The van der Waals surface area contributed by atoms with Crippen LogP contribution in [0, 0.1) is 18.8 Å². The maximum Gasteiger partial charge on any atom is 0.308 e. The summed E-state index contributed by atoms with van der Waals surface area (Å²) in [5.74, 6) is -1.37. The summed E-state index contributed by atoms with van der Waals surface area (Å²) >= 11 is 0. The molecule has 1 aromatic carbocycles. The van der Waals surface area contributed by atoms with Crippen LogP contribution in [0.25, 0.3) is 11.3 Å². The summed E-state index contributed by atoms with van der Waals surface area (Å²) in [5.41, 5.74) is 3.20. The molecule has 1 fully saturated rings. The number of aromatic nitrogens is 2. The minimum Gasteiger partial charge on any atom is -0.481 e. The van der Waals surface area contributed by atoms with E-state index in [0.717, 1.165) is 11.1 Å². The van der Waals surface area contributed by atoms with Crippen LogP contribution in [0.3, 0.4) is 0 Å². The largest absolute Gasteiger partial charge is 0.481 e. The number of hydrogen-bond donors (Lipinski definition) is 2. The first-order valence-electron chi connectivity index (χ1n) is 8.08. The molecule has 2 N–H and O–H groups in total. The molecule has 1 aliphatic rings. The topological polar surface area (TPSA) is 86.3 Å². The first kappa shape index (κ1) is 16.2. The lowest BCUT2D eigenvalue weighted by Crippen LogP contribution is -2.45. The zero-order chi connectivity index (χ0) is 17.3. The van der Waals surface area contributed by atoms with Crippen molar-refractivity contribution in [2.75, 3.05) is 13.1 Å². The van der Waals surface area contributed by atoms with Crippen molar-refractivity contribution in [3.8, 4) is 11.3 Å². The van der Waals surface area contributed by atoms with E-state index in [0.29, 0.717) is 24.4 Å². The maximum absolute atomic E-state index is 12.7. The highest BCUT2D eigenvalue weighted by atomic mass is 16.4. The van der Waals surface area contributed by atoms with E-state index in [4.69, 9.17) is 0 Å². The van der Waals surface area contributed by atoms with Crippen molar-refractivity contribution in [2.24, 2.45) is 11.8 Å². The molecule has 0 spiro atoms. The molecule has 126 valence electrons. The van der Waals surface area contributed by atoms with Crippen LogP contribution in [-0.2, 0) is 4.79 Å². The Morgan fingerprint density at radius 1 is 1.25 bits per heavy atom. The molecule has 2 heterocycles. The number of hydrogen-bond acceptors (Lipinski definition) is 3. The second kappa shape index (κ2) is 6.47. The van der Waals surface area contributed by atoms with Crippen LogP contribution in [0.5, 0.6) is 0 Å². The molecule has 6 heteroatoms. The Balaban J connectivity index is 1.78. The van der Waals surface area contributed by atoms with Gasteiger partial charge in [-0.3, -0.25) is 14.7 Å². The molecule has 2 atom stereocenters. The van der Waals surface area contributed by atoms with Gasteiger partial charge in [-0.25, -0.2) is 0 Å². The molecule has 2 aromatic rings. The van der Waals surface area contributed by atoms with Crippen molar-refractivity contribution in [3.63, 3.8) is 0 Å². The number of amides is 1. The van der Waals surface area contributed by atoms with Crippen molar-refractivity contribution < 1.29 is 14.7 Å². The number of carboxylic acid groups (broad SMARTS) is 1. The number of piperidine rings is 1. The molecule has 6 nitrogen and oxygen atoms in total. The number of carbonyl (C=O) groups excluding carboxylic acids is 1. The third kappa shape index (κ3) is 3.32. The maximum atomic E-state index is 12.7. The fraction of sp³-hybridized carbons (Fsp3) is 0.389. The molecule has 1 amide bonds. The first-order valence-corrected chi connectivity index (χ1v) is 8.08. The second-order valence-corrected chi connectivity index (χ2v) is 6.62. The number of H-pyrrole nitrogens is 1. The lowest BCUT2D eigenvalue weighted by Gasteiger charge is -2.34. The summed E-state index contributed by atoms with van der Waals surface area (Å²) in [4.78, 5) is 25.5. The third-order valence-corrected chi connectivity index (χ3v) is 4.45. The van der Waals surface area contributed by atoms with Gasteiger partial charge in [0.2, 0.25) is 0 Å². The van der Waals surface area contributed by atoms with Crippen LogP contribution in [0.15, 0.2) is 30.3 Å². The number of nitrogens with one attached hydrogen (secondary N) is 1. The Hall–Kier alpha value is -2.63. The number of aryl methyl sites for hydroxylation is 1. The van der Waals surface area contributed by atoms with Gasteiger partial charge in [-0.05, 0) is 25.3 Å². The van der Waals surface area contributed by atoms with Gasteiger partial charge in [-0.2, -0.15) is 5.10 Å². The highest BCUT2D eigenvalue weighted by molar-refractivity contribution is 5.93. The van der Waals surface area contributed by atoms with Gasteiger partial charge >= 0.3 is 5.97 Å². The SMILES string of the molecule is Cc1ccc(-c2cc(C(=O)N3CC(C)CC(C(=O)O)C3)[nH]n2)cc1. The van der Waals surface area contributed by atoms with Crippen LogP contribution in [0.4, 0.5) is 0 Å². The minimum absolute atomic E-state index is 0.170. The zero-order valence-electron chi connectivity index (χ0n) is 13.8. The van der Waals surface area contributed by atoms with E-state index >= 15 is 0 Å². The van der Waals surface area contributed by atoms with Crippen molar-refractivity contribution >= 4 is 11.9 Å². The molecule has 24 heavy (non-hydrogen) atoms. The van der Waals surface area contributed by atoms with Crippen molar-refractivity contribution in [1.82, 2.24) is 15.1 Å². The average molecular weight is 327 g/mol. The van der Waals surface area contributed by atoms with Gasteiger partial charge in [0.15, 0.2) is 0 Å². The zero-order valence-corrected chi connectivity index (χ0v) is 13.8. The van der Waals surface area contributed by atoms with Gasteiger partial charge in [-0.1, -0.05) is 36.8 Å². The Morgan fingerprint density at radius 3 is 2.62 bits per heavy atom. The quantitative estimate of drug-likeness (QED) is 0.907. The normalized spacial score (nSPS) is 20.8. The lowest BCUT2D eigenvalue weighted by molar-refractivity contribution is -0.143. The Kier molecular flexibility index (Phi) is 4.38. The molecule has 1 aromatic heterocycles. The summed E-state index contributed by atoms with van der Waals surface area (Å²) in [7, 11) is 0. The van der Waals surface area contributed by atoms with Gasteiger partial charge in [0.1, 0.15) is 5.69 Å². The van der Waals surface area contributed by atoms with Crippen LogP contribution in [0.1, 0.15) is 29.4 Å². The highest BCUT2D eigenvalue weighted by Gasteiger charge is 2.32. The number of carbonyl (C=O) groups is 2. The smallest absolute Gasteiger partial charge is 0.308 e. The van der Waals surface area contributed by atoms with E-state index in [2.05, 4.69) is 10.2 Å². The number of aromatic amines is 1. The molecule has 2 unspecified atom stereocenters. The number of likely N-dealkylation sites (tertiary alicyclic amines) is 1. The molecule has 0 bridgehead atoms. The molecule has 1 saturated heterocycles. The summed E-state index contributed by atoms with van der Waals surface area (Å²) in [6.07, 6.45) is 0.608. The molecule has 1 aliphatic heterocycles. The standard InChI is InChI=1S/C18H21N3O3/c1-11-3-5-13(6-4-11)15-8-16(20-19-15)17(22)21-9-12(2)7-14(10-21)18(23)24/h3-6,8,12,14H,7,9-10H2,1-2H3,(H,19,20)(H,23,24). The van der Waals surface area contributed by atoms with E-state index in [9.17, 15) is 14.7 Å². The lowest BCUT2D eigenvalue weighted by atomic mass is 9.90. The predicted molar refractivity (Wildman–Crippen MR) is 89.6 cm³/mol. The second-order valence-electron chi connectivity index (χ2n) is 6.62. The fourth-order valence-corrected chi connectivity index (χ4v) is 3.17. The summed E-state index contributed by atoms with van der Waals surface area (Å²) in [6, 6.07) is 9.64. The van der Waals surface area contributed by atoms with E-state index in [1.165, 1.54) is 0 Å². The average Bonchev–Trinajstić information content (AvgIpc) is 3.04. The van der Waals surface area contributed by atoms with Gasteiger partial charge < -0.3 is 10.0 Å².